The van der Waals surface area contributed by atoms with Crippen LogP contribution in [0, 0.1) is 11.8 Å². The lowest BCUT2D eigenvalue weighted by Crippen LogP contribution is -1.92. The van der Waals surface area contributed by atoms with Gasteiger partial charge in [-0.1, -0.05) is 44.1 Å². The molecular formula is C23H38O2. The number of unbranched alkanes of at least 4 members (excludes halogenated alkanes) is 10. The van der Waals surface area contributed by atoms with Gasteiger partial charge in [0.15, 0.2) is 0 Å². The van der Waals surface area contributed by atoms with Crippen LogP contribution in [0.25, 0.3) is 0 Å². The molecule has 2 nitrogen and oxygen atoms in total. The van der Waals surface area contributed by atoms with Gasteiger partial charge in [0.2, 0.25) is 0 Å². The molecule has 0 aromatic rings. The molecule has 0 aromatic heterocycles. The van der Waals surface area contributed by atoms with E-state index in [2.05, 4.69) is 43.1 Å². The first-order valence-corrected chi connectivity index (χ1v) is 10.2. The molecule has 0 aliphatic heterocycles. The average Bonchev–Trinajstić information content (AvgIpc) is 2.60. The predicted octanol–water partition coefficient (Wildman–Crippen LogP) is 7.06. The number of carbonyl (C=O) groups is 1. The monoisotopic (exact) mass is 346 g/mol. The van der Waals surface area contributed by atoms with E-state index in [4.69, 9.17) is 5.11 Å². The Hall–Kier alpha value is -1.49. The molecule has 0 saturated heterocycles. The summed E-state index contributed by atoms with van der Waals surface area (Å²) in [6.45, 7) is 2.25. The fraction of sp³-hybridized carbons (Fsp3) is 0.696. The Bertz CT molecular complexity index is 410. The van der Waals surface area contributed by atoms with Gasteiger partial charge in [0.1, 0.15) is 0 Å². The van der Waals surface area contributed by atoms with E-state index in [0.717, 1.165) is 19.3 Å². The fourth-order valence-electron chi connectivity index (χ4n) is 2.49. The molecule has 25 heavy (non-hydrogen) atoms. The molecule has 0 amide bonds. The van der Waals surface area contributed by atoms with Crippen molar-refractivity contribution in [3.63, 3.8) is 0 Å². The second kappa shape index (κ2) is 20.6. The van der Waals surface area contributed by atoms with Crippen molar-refractivity contribution >= 4 is 5.97 Å². The first-order chi connectivity index (χ1) is 12.3. The molecule has 0 unspecified atom stereocenters. The van der Waals surface area contributed by atoms with Gasteiger partial charge in [-0.15, -0.1) is 11.8 Å². The second-order valence-electron chi connectivity index (χ2n) is 6.57. The van der Waals surface area contributed by atoms with Crippen LogP contribution in [0.2, 0.25) is 0 Å². The number of allylic oxidation sites excluding steroid dienone is 4. The minimum Gasteiger partial charge on any atom is -0.481 e. The SMILES string of the molecule is CCCCCC=CCCCCC=CCCCCC#CCCCC(=O)O. The summed E-state index contributed by atoms with van der Waals surface area (Å²) in [4.78, 5) is 10.3. The molecule has 0 heterocycles. The normalized spacial score (nSPS) is 11.1. The summed E-state index contributed by atoms with van der Waals surface area (Å²) in [6.07, 6.45) is 25.6. The Kier molecular flexibility index (Phi) is 19.3. The van der Waals surface area contributed by atoms with Gasteiger partial charge in [-0.25, -0.2) is 0 Å². The van der Waals surface area contributed by atoms with Gasteiger partial charge >= 0.3 is 5.97 Å². The predicted molar refractivity (Wildman–Crippen MR) is 109 cm³/mol. The summed E-state index contributed by atoms with van der Waals surface area (Å²) >= 11 is 0. The van der Waals surface area contributed by atoms with Crippen LogP contribution in [0.15, 0.2) is 24.3 Å². The van der Waals surface area contributed by atoms with E-state index in [1.165, 1.54) is 57.8 Å². The van der Waals surface area contributed by atoms with Gasteiger partial charge in [-0.2, -0.15) is 0 Å². The van der Waals surface area contributed by atoms with Crippen molar-refractivity contribution in [2.45, 2.75) is 103 Å². The number of hydrogen-bond donors (Lipinski definition) is 1. The van der Waals surface area contributed by atoms with E-state index < -0.39 is 5.97 Å². The Morgan fingerprint density at radius 1 is 0.720 bits per heavy atom. The number of hydrogen-bond acceptors (Lipinski definition) is 1. The highest BCUT2D eigenvalue weighted by Gasteiger charge is 1.93. The smallest absolute Gasteiger partial charge is 0.303 e. The van der Waals surface area contributed by atoms with Crippen molar-refractivity contribution in [2.75, 3.05) is 0 Å². The maximum Gasteiger partial charge on any atom is 0.303 e. The minimum atomic E-state index is -0.729. The van der Waals surface area contributed by atoms with Crippen LogP contribution in [0.3, 0.4) is 0 Å². The topological polar surface area (TPSA) is 37.3 Å². The van der Waals surface area contributed by atoms with E-state index in [0.29, 0.717) is 12.8 Å². The zero-order chi connectivity index (χ0) is 18.4. The molecule has 0 saturated carbocycles. The van der Waals surface area contributed by atoms with Crippen LogP contribution in [0.5, 0.6) is 0 Å². The standard InChI is InChI=1S/C23H38O2/c1-2-3-4-5-6-7-8-9-10-11-12-13-14-15-16-17-18-19-20-21-22-23(24)25/h6-7,12-13H,2-5,8-11,14-17,20-22H2,1H3,(H,24,25). The highest BCUT2D eigenvalue weighted by Crippen LogP contribution is 2.06. The molecule has 0 aliphatic carbocycles. The quantitative estimate of drug-likeness (QED) is 0.184. The van der Waals surface area contributed by atoms with E-state index in [-0.39, 0.29) is 6.42 Å². The third-order valence-corrected chi connectivity index (χ3v) is 4.04. The summed E-state index contributed by atoms with van der Waals surface area (Å²) in [5, 5.41) is 8.51. The van der Waals surface area contributed by atoms with E-state index in [1.807, 2.05) is 0 Å². The number of rotatable bonds is 16. The lowest BCUT2D eigenvalue weighted by Gasteiger charge is -1.95. The average molecular weight is 347 g/mol. The van der Waals surface area contributed by atoms with Crippen molar-refractivity contribution < 1.29 is 9.90 Å². The first kappa shape index (κ1) is 23.5. The van der Waals surface area contributed by atoms with Crippen LogP contribution in [0.4, 0.5) is 0 Å². The Morgan fingerprint density at radius 2 is 1.16 bits per heavy atom. The van der Waals surface area contributed by atoms with Gasteiger partial charge in [0.05, 0.1) is 0 Å². The van der Waals surface area contributed by atoms with Crippen LogP contribution in [-0.4, -0.2) is 11.1 Å². The van der Waals surface area contributed by atoms with Gasteiger partial charge in [-0.3, -0.25) is 4.79 Å². The molecule has 0 atom stereocenters. The van der Waals surface area contributed by atoms with E-state index in [9.17, 15) is 4.79 Å². The second-order valence-corrected chi connectivity index (χ2v) is 6.57. The Morgan fingerprint density at radius 3 is 1.64 bits per heavy atom. The summed E-state index contributed by atoms with van der Waals surface area (Å²) in [7, 11) is 0. The lowest BCUT2D eigenvalue weighted by molar-refractivity contribution is -0.137. The summed E-state index contributed by atoms with van der Waals surface area (Å²) in [5.74, 6) is 5.46. The van der Waals surface area contributed by atoms with Crippen molar-refractivity contribution in [2.24, 2.45) is 0 Å². The molecule has 142 valence electrons. The van der Waals surface area contributed by atoms with Crippen molar-refractivity contribution in [3.05, 3.63) is 24.3 Å². The van der Waals surface area contributed by atoms with Gasteiger partial charge in [-0.05, 0) is 64.2 Å². The number of carboxylic acid groups (broad SMARTS) is 1. The molecule has 1 N–H and O–H groups in total. The summed E-state index contributed by atoms with van der Waals surface area (Å²) < 4.78 is 0. The zero-order valence-electron chi connectivity index (χ0n) is 16.3. The van der Waals surface area contributed by atoms with Crippen LogP contribution >= 0.6 is 0 Å². The van der Waals surface area contributed by atoms with Gasteiger partial charge < -0.3 is 5.11 Å². The molecule has 0 bridgehead atoms. The van der Waals surface area contributed by atoms with Crippen LogP contribution < -0.4 is 0 Å². The molecule has 0 aliphatic rings. The molecule has 0 aromatic carbocycles. The Labute approximate surface area is 155 Å². The van der Waals surface area contributed by atoms with E-state index >= 15 is 0 Å². The lowest BCUT2D eigenvalue weighted by atomic mass is 10.1. The largest absolute Gasteiger partial charge is 0.481 e. The van der Waals surface area contributed by atoms with Gasteiger partial charge in [0.25, 0.3) is 0 Å². The van der Waals surface area contributed by atoms with Crippen LogP contribution in [0.1, 0.15) is 103 Å². The van der Waals surface area contributed by atoms with Crippen molar-refractivity contribution in [1.82, 2.24) is 0 Å². The van der Waals surface area contributed by atoms with Crippen LogP contribution in [-0.2, 0) is 4.79 Å². The maximum absolute atomic E-state index is 10.3. The fourth-order valence-corrected chi connectivity index (χ4v) is 2.49. The highest BCUT2D eigenvalue weighted by atomic mass is 16.4. The third-order valence-electron chi connectivity index (χ3n) is 4.04. The number of aliphatic carboxylic acids is 1. The van der Waals surface area contributed by atoms with Crippen molar-refractivity contribution in [3.8, 4) is 11.8 Å². The third kappa shape index (κ3) is 22.5. The summed E-state index contributed by atoms with van der Waals surface area (Å²) in [5.41, 5.74) is 0. The first-order valence-electron chi connectivity index (χ1n) is 10.2. The molecule has 0 rings (SSSR count). The Balaban J connectivity index is 3.25. The highest BCUT2D eigenvalue weighted by molar-refractivity contribution is 5.66. The minimum absolute atomic E-state index is 0.231. The molecule has 2 heteroatoms. The number of carboxylic acids is 1. The molecule has 0 spiro atoms. The molecule has 0 fully saturated rings. The van der Waals surface area contributed by atoms with E-state index in [1.54, 1.807) is 0 Å². The molecule has 0 radical (unpaired) electrons. The zero-order valence-corrected chi connectivity index (χ0v) is 16.3. The van der Waals surface area contributed by atoms with Gasteiger partial charge in [0, 0.05) is 19.3 Å². The van der Waals surface area contributed by atoms with Crippen molar-refractivity contribution in [1.29, 1.82) is 0 Å². The summed E-state index contributed by atoms with van der Waals surface area (Å²) in [6, 6.07) is 0. The maximum atomic E-state index is 10.3. The molecular weight excluding hydrogens is 308 g/mol.